The van der Waals surface area contributed by atoms with Crippen molar-refractivity contribution in [3.8, 4) is 0 Å². The molecule has 1 saturated heterocycles. The Hall–Kier alpha value is -1.02. The minimum atomic E-state index is -3.56. The van der Waals surface area contributed by atoms with Crippen LogP contribution in [0.2, 0.25) is 0 Å². The van der Waals surface area contributed by atoms with Gasteiger partial charge in [-0.2, -0.15) is 4.31 Å². The van der Waals surface area contributed by atoms with Gasteiger partial charge in [0, 0.05) is 32.7 Å². The molecule has 21 heavy (non-hydrogen) atoms. The van der Waals surface area contributed by atoms with E-state index in [2.05, 4.69) is 4.90 Å². The lowest BCUT2D eigenvalue weighted by Crippen LogP contribution is -2.36. The summed E-state index contributed by atoms with van der Waals surface area (Å²) in [4.78, 5) is 2.36. The monoisotopic (exact) mass is 315 g/mol. The molecule has 1 aliphatic heterocycles. The van der Waals surface area contributed by atoms with Gasteiger partial charge in [-0.05, 0) is 43.7 Å². The van der Waals surface area contributed by atoms with Crippen LogP contribution in [0.1, 0.15) is 12.0 Å². The summed E-state index contributed by atoms with van der Waals surface area (Å²) in [5.41, 5.74) is 5.99. The van der Waals surface area contributed by atoms with Gasteiger partial charge >= 0.3 is 0 Å². The van der Waals surface area contributed by atoms with Crippen LogP contribution >= 0.6 is 0 Å². The van der Waals surface area contributed by atoms with Gasteiger partial charge in [0.05, 0.1) is 4.90 Å². The quantitative estimate of drug-likeness (QED) is 0.892. The maximum atomic E-state index is 13.2. The molecule has 0 saturated carbocycles. The largest absolute Gasteiger partial charge is 0.329 e. The van der Waals surface area contributed by atoms with Crippen molar-refractivity contribution < 1.29 is 12.8 Å². The van der Waals surface area contributed by atoms with E-state index >= 15 is 0 Å². The van der Waals surface area contributed by atoms with Crippen LogP contribution in [-0.2, 0) is 10.0 Å². The number of nitrogens with zero attached hydrogens (tertiary/aromatic N) is 2. The van der Waals surface area contributed by atoms with E-state index in [0.717, 1.165) is 19.5 Å². The molecule has 1 fully saturated rings. The number of halogens is 1. The van der Waals surface area contributed by atoms with Crippen LogP contribution in [0, 0.1) is 12.7 Å². The van der Waals surface area contributed by atoms with E-state index in [1.807, 2.05) is 0 Å². The second-order valence-corrected chi connectivity index (χ2v) is 7.20. The fourth-order valence-electron chi connectivity index (χ4n) is 2.64. The van der Waals surface area contributed by atoms with E-state index in [1.54, 1.807) is 6.92 Å². The van der Waals surface area contributed by atoms with E-state index < -0.39 is 15.8 Å². The lowest BCUT2D eigenvalue weighted by atomic mass is 10.2. The molecule has 1 aliphatic rings. The third-order valence-corrected chi connectivity index (χ3v) is 5.81. The summed E-state index contributed by atoms with van der Waals surface area (Å²) in [5, 5.41) is 0. The van der Waals surface area contributed by atoms with Crippen molar-refractivity contribution in [1.29, 1.82) is 0 Å². The molecule has 2 N–H and O–H groups in total. The molecule has 2 rings (SSSR count). The zero-order chi connectivity index (χ0) is 15.5. The maximum Gasteiger partial charge on any atom is 0.243 e. The van der Waals surface area contributed by atoms with Gasteiger partial charge in [-0.1, -0.05) is 0 Å². The number of nitrogens with two attached hydrogens (primary N) is 1. The van der Waals surface area contributed by atoms with Gasteiger partial charge in [0.1, 0.15) is 5.82 Å². The molecule has 0 aromatic heterocycles. The molecule has 0 amide bonds. The molecule has 0 aliphatic carbocycles. The number of hydrogen-bond donors (Lipinski definition) is 1. The predicted octanol–water partition coefficient (Wildman–Crippen LogP) is 0.789. The molecule has 0 radical (unpaired) electrons. The summed E-state index contributed by atoms with van der Waals surface area (Å²) >= 11 is 0. The first-order valence-corrected chi connectivity index (χ1v) is 8.58. The number of hydrogen-bond acceptors (Lipinski definition) is 4. The zero-order valence-corrected chi connectivity index (χ0v) is 13.1. The van der Waals surface area contributed by atoms with E-state index in [1.165, 1.54) is 22.5 Å². The molecule has 0 spiro atoms. The van der Waals surface area contributed by atoms with Gasteiger partial charge in [0.25, 0.3) is 0 Å². The number of rotatable bonds is 4. The Morgan fingerprint density at radius 2 is 2.00 bits per heavy atom. The van der Waals surface area contributed by atoms with Crippen molar-refractivity contribution in [3.05, 3.63) is 29.6 Å². The molecule has 0 bridgehead atoms. The van der Waals surface area contributed by atoms with Crippen molar-refractivity contribution in [3.63, 3.8) is 0 Å². The zero-order valence-electron chi connectivity index (χ0n) is 12.3. The van der Waals surface area contributed by atoms with E-state index in [4.69, 9.17) is 5.73 Å². The molecule has 1 aromatic rings. The minimum absolute atomic E-state index is 0.191. The summed E-state index contributed by atoms with van der Waals surface area (Å²) in [6.07, 6.45) is 0.777. The first-order chi connectivity index (χ1) is 9.95. The highest BCUT2D eigenvalue weighted by Crippen LogP contribution is 2.21. The van der Waals surface area contributed by atoms with Crippen LogP contribution < -0.4 is 5.73 Å². The molecule has 5 nitrogen and oxygen atoms in total. The third kappa shape index (κ3) is 3.79. The fourth-order valence-corrected chi connectivity index (χ4v) is 4.31. The molecule has 1 aromatic carbocycles. The smallest absolute Gasteiger partial charge is 0.243 e. The second-order valence-electron chi connectivity index (χ2n) is 5.30. The average Bonchev–Trinajstić information content (AvgIpc) is 2.65. The Labute approximate surface area is 125 Å². The molecular weight excluding hydrogens is 293 g/mol. The Kier molecular flexibility index (Phi) is 5.32. The molecular formula is C14H22FN3O2S. The van der Waals surface area contributed by atoms with E-state index in [0.29, 0.717) is 31.7 Å². The number of sulfonamides is 1. The van der Waals surface area contributed by atoms with Gasteiger partial charge in [-0.15, -0.1) is 0 Å². The molecule has 1 heterocycles. The topological polar surface area (TPSA) is 66.6 Å². The van der Waals surface area contributed by atoms with Crippen LogP contribution in [-0.4, -0.2) is 56.9 Å². The average molecular weight is 315 g/mol. The lowest BCUT2D eigenvalue weighted by Gasteiger charge is -2.22. The fraction of sp³-hybridized carbons (Fsp3) is 0.571. The summed E-state index contributed by atoms with van der Waals surface area (Å²) in [7, 11) is -3.56. The lowest BCUT2D eigenvalue weighted by molar-refractivity contribution is 0.294. The van der Waals surface area contributed by atoms with Crippen LogP contribution in [0.3, 0.4) is 0 Å². The Balaban J connectivity index is 2.19. The van der Waals surface area contributed by atoms with E-state index in [-0.39, 0.29) is 4.90 Å². The molecule has 7 heteroatoms. The highest BCUT2D eigenvalue weighted by Gasteiger charge is 2.28. The summed E-state index contributed by atoms with van der Waals surface area (Å²) in [5.74, 6) is -0.420. The normalized spacial score (nSPS) is 18.6. The second kappa shape index (κ2) is 6.83. The summed E-state index contributed by atoms with van der Waals surface area (Å²) in [6.45, 7) is 5.43. The first kappa shape index (κ1) is 16.4. The molecule has 0 unspecified atom stereocenters. The maximum absolute atomic E-state index is 13.2. The summed E-state index contributed by atoms with van der Waals surface area (Å²) in [6, 6.07) is 3.80. The summed E-state index contributed by atoms with van der Waals surface area (Å²) < 4.78 is 40.0. The minimum Gasteiger partial charge on any atom is -0.329 e. The number of benzene rings is 1. The Morgan fingerprint density at radius 1 is 1.24 bits per heavy atom. The van der Waals surface area contributed by atoms with Crippen LogP contribution in [0.15, 0.2) is 23.1 Å². The van der Waals surface area contributed by atoms with Gasteiger partial charge in [-0.25, -0.2) is 12.8 Å². The van der Waals surface area contributed by atoms with Crippen LogP contribution in [0.25, 0.3) is 0 Å². The van der Waals surface area contributed by atoms with Crippen molar-refractivity contribution in [2.75, 3.05) is 39.3 Å². The highest BCUT2D eigenvalue weighted by molar-refractivity contribution is 7.89. The van der Waals surface area contributed by atoms with Crippen molar-refractivity contribution in [1.82, 2.24) is 9.21 Å². The van der Waals surface area contributed by atoms with Gasteiger partial charge in [-0.3, -0.25) is 0 Å². The SMILES string of the molecule is Cc1cc(F)ccc1S(=O)(=O)N1CCCN(CCN)CC1. The van der Waals surface area contributed by atoms with Crippen molar-refractivity contribution in [2.45, 2.75) is 18.2 Å². The first-order valence-electron chi connectivity index (χ1n) is 7.14. The van der Waals surface area contributed by atoms with Crippen molar-refractivity contribution in [2.24, 2.45) is 5.73 Å². The molecule has 0 atom stereocenters. The van der Waals surface area contributed by atoms with Gasteiger partial charge in [0.15, 0.2) is 0 Å². The Bertz CT molecular complexity index is 592. The van der Waals surface area contributed by atoms with Crippen LogP contribution in [0.5, 0.6) is 0 Å². The standard InChI is InChI=1S/C14H22FN3O2S/c1-12-11-13(15)3-4-14(12)21(19,20)18-7-2-6-17(8-5-16)9-10-18/h3-4,11H,2,5-10,16H2,1H3. The Morgan fingerprint density at radius 3 is 2.67 bits per heavy atom. The highest BCUT2D eigenvalue weighted by atomic mass is 32.2. The predicted molar refractivity (Wildman–Crippen MR) is 80.0 cm³/mol. The van der Waals surface area contributed by atoms with E-state index in [9.17, 15) is 12.8 Å². The van der Waals surface area contributed by atoms with Crippen molar-refractivity contribution >= 4 is 10.0 Å². The van der Waals surface area contributed by atoms with Gasteiger partial charge in [0.2, 0.25) is 10.0 Å². The molecule has 118 valence electrons. The van der Waals surface area contributed by atoms with Crippen LogP contribution in [0.4, 0.5) is 4.39 Å². The van der Waals surface area contributed by atoms with Gasteiger partial charge < -0.3 is 10.6 Å². The third-order valence-electron chi connectivity index (χ3n) is 3.75. The number of aryl methyl sites for hydroxylation is 1.